The summed E-state index contributed by atoms with van der Waals surface area (Å²) in [6, 6.07) is 0.119. The number of ether oxygens (including phenoxy) is 1. The molecule has 0 spiro atoms. The minimum absolute atomic E-state index is 0.117. The first-order valence-corrected chi connectivity index (χ1v) is 6.08. The second-order valence-corrected chi connectivity index (χ2v) is 4.93. The lowest BCUT2D eigenvalue weighted by Crippen LogP contribution is -2.52. The van der Waals surface area contributed by atoms with E-state index in [9.17, 15) is 4.79 Å². The lowest BCUT2D eigenvalue weighted by molar-refractivity contribution is -0.142. The molecule has 0 aromatic carbocycles. The molecule has 1 aliphatic heterocycles. The molecule has 2 atom stereocenters. The normalized spacial score (nSPS) is 29.8. The molecule has 1 heterocycles. The highest BCUT2D eigenvalue weighted by molar-refractivity contribution is 5.83. The van der Waals surface area contributed by atoms with E-state index in [1.807, 2.05) is 18.9 Å². The van der Waals surface area contributed by atoms with Gasteiger partial charge in [-0.3, -0.25) is 4.79 Å². The van der Waals surface area contributed by atoms with Crippen LogP contribution in [-0.4, -0.2) is 43.2 Å². The third-order valence-corrected chi connectivity index (χ3v) is 3.82. The Kier molecular flexibility index (Phi) is 4.33. The van der Waals surface area contributed by atoms with Crippen LogP contribution in [-0.2, 0) is 9.53 Å². The largest absolute Gasteiger partial charge is 0.379 e. The Labute approximate surface area is 98.1 Å². The van der Waals surface area contributed by atoms with E-state index in [1.165, 1.54) is 0 Å². The fourth-order valence-corrected chi connectivity index (χ4v) is 2.31. The molecule has 0 radical (unpaired) electrons. The minimum Gasteiger partial charge on any atom is -0.379 e. The van der Waals surface area contributed by atoms with E-state index >= 15 is 0 Å². The number of carbonyl (C=O) groups excluding carboxylic acids is 1. The molecule has 1 aliphatic rings. The summed E-state index contributed by atoms with van der Waals surface area (Å²) in [4.78, 5) is 14.2. The number of rotatable bonds is 4. The number of nitrogens with zero attached hydrogens (tertiary/aromatic N) is 1. The molecule has 4 heteroatoms. The highest BCUT2D eigenvalue weighted by atomic mass is 16.5. The third kappa shape index (κ3) is 2.23. The highest BCUT2D eigenvalue weighted by Gasteiger charge is 2.46. The van der Waals surface area contributed by atoms with Crippen LogP contribution in [0.25, 0.3) is 0 Å². The van der Waals surface area contributed by atoms with E-state index in [0.29, 0.717) is 19.3 Å². The SMILES string of the molecule is CCC(CC)N(C)C(=O)C1(C)COCC1N. The molecule has 1 amide bonds. The molecule has 2 N–H and O–H groups in total. The molecule has 0 aliphatic carbocycles. The number of amides is 1. The van der Waals surface area contributed by atoms with Gasteiger partial charge in [-0.25, -0.2) is 0 Å². The summed E-state index contributed by atoms with van der Waals surface area (Å²) in [5, 5.41) is 0. The van der Waals surface area contributed by atoms with E-state index < -0.39 is 5.41 Å². The summed E-state index contributed by atoms with van der Waals surface area (Å²) in [5.41, 5.74) is 5.42. The van der Waals surface area contributed by atoms with Gasteiger partial charge >= 0.3 is 0 Å². The summed E-state index contributed by atoms with van der Waals surface area (Å²) in [6.07, 6.45) is 1.95. The van der Waals surface area contributed by atoms with Gasteiger partial charge in [-0.15, -0.1) is 0 Å². The third-order valence-electron chi connectivity index (χ3n) is 3.82. The predicted molar refractivity (Wildman–Crippen MR) is 64.0 cm³/mol. The summed E-state index contributed by atoms with van der Waals surface area (Å²) in [5.74, 6) is 0.117. The van der Waals surface area contributed by atoms with Crippen LogP contribution >= 0.6 is 0 Å². The Balaban J connectivity index is 2.76. The molecule has 0 bridgehead atoms. The molecule has 1 saturated heterocycles. The lowest BCUT2D eigenvalue weighted by Gasteiger charge is -2.35. The Bertz CT molecular complexity index is 253. The maximum absolute atomic E-state index is 12.4. The molecule has 2 unspecified atom stereocenters. The fraction of sp³-hybridized carbons (Fsp3) is 0.917. The molecule has 1 fully saturated rings. The van der Waals surface area contributed by atoms with Crippen molar-refractivity contribution < 1.29 is 9.53 Å². The Hall–Kier alpha value is -0.610. The predicted octanol–water partition coefficient (Wildman–Crippen LogP) is 0.997. The van der Waals surface area contributed by atoms with Gasteiger partial charge in [-0.2, -0.15) is 0 Å². The first-order chi connectivity index (χ1) is 7.47. The number of nitrogens with two attached hydrogens (primary N) is 1. The second kappa shape index (κ2) is 5.15. The molecule has 1 rings (SSSR count). The van der Waals surface area contributed by atoms with Crippen molar-refractivity contribution in [1.82, 2.24) is 4.90 Å². The number of hydrogen-bond acceptors (Lipinski definition) is 3. The van der Waals surface area contributed by atoms with Crippen molar-refractivity contribution in [2.75, 3.05) is 20.3 Å². The van der Waals surface area contributed by atoms with Crippen LogP contribution < -0.4 is 5.73 Å². The van der Waals surface area contributed by atoms with Gasteiger partial charge < -0.3 is 15.4 Å². The quantitative estimate of drug-likeness (QED) is 0.781. The zero-order chi connectivity index (χ0) is 12.3. The zero-order valence-corrected chi connectivity index (χ0v) is 10.8. The van der Waals surface area contributed by atoms with Crippen LogP contribution in [0.1, 0.15) is 33.6 Å². The zero-order valence-electron chi connectivity index (χ0n) is 10.8. The first kappa shape index (κ1) is 13.5. The second-order valence-electron chi connectivity index (χ2n) is 4.93. The number of hydrogen-bond donors (Lipinski definition) is 1. The Morgan fingerprint density at radius 1 is 1.56 bits per heavy atom. The van der Waals surface area contributed by atoms with E-state index in [1.54, 1.807) is 0 Å². The van der Waals surface area contributed by atoms with E-state index in [2.05, 4.69) is 13.8 Å². The highest BCUT2D eigenvalue weighted by Crippen LogP contribution is 2.30. The summed E-state index contributed by atoms with van der Waals surface area (Å²) < 4.78 is 5.32. The molecule has 94 valence electrons. The van der Waals surface area contributed by atoms with Crippen molar-refractivity contribution >= 4 is 5.91 Å². The molecule has 0 saturated carbocycles. The van der Waals surface area contributed by atoms with Gasteiger partial charge in [0.1, 0.15) is 0 Å². The molecule has 0 aromatic rings. The van der Waals surface area contributed by atoms with Gasteiger partial charge in [-0.1, -0.05) is 13.8 Å². The van der Waals surface area contributed by atoms with Crippen molar-refractivity contribution in [2.45, 2.75) is 45.7 Å². The molecule has 4 nitrogen and oxygen atoms in total. The first-order valence-electron chi connectivity index (χ1n) is 6.08. The van der Waals surface area contributed by atoms with E-state index in [4.69, 9.17) is 10.5 Å². The van der Waals surface area contributed by atoms with Crippen LogP contribution in [0, 0.1) is 5.41 Å². The van der Waals surface area contributed by atoms with Crippen molar-refractivity contribution in [3.8, 4) is 0 Å². The summed E-state index contributed by atoms with van der Waals surface area (Å²) >= 11 is 0. The maximum atomic E-state index is 12.4. The van der Waals surface area contributed by atoms with E-state index in [-0.39, 0.29) is 11.9 Å². The topological polar surface area (TPSA) is 55.6 Å². The average molecular weight is 228 g/mol. The monoisotopic (exact) mass is 228 g/mol. The van der Waals surface area contributed by atoms with Gasteiger partial charge in [0.15, 0.2) is 0 Å². The van der Waals surface area contributed by atoms with Crippen molar-refractivity contribution in [3.63, 3.8) is 0 Å². The van der Waals surface area contributed by atoms with Gasteiger partial charge in [0.05, 0.1) is 18.6 Å². The number of carbonyl (C=O) groups is 1. The molecular formula is C12H24N2O2. The Morgan fingerprint density at radius 3 is 2.50 bits per heavy atom. The lowest BCUT2D eigenvalue weighted by atomic mass is 9.84. The van der Waals surface area contributed by atoms with Gasteiger partial charge in [0, 0.05) is 19.1 Å². The standard InChI is InChI=1S/C12H24N2O2/c1-5-9(6-2)14(4)11(15)12(3)8-16-7-10(12)13/h9-10H,5-8,13H2,1-4H3. The van der Waals surface area contributed by atoms with Crippen LogP contribution in [0.2, 0.25) is 0 Å². The summed E-state index contributed by atoms with van der Waals surface area (Å²) in [7, 11) is 1.87. The minimum atomic E-state index is -0.544. The van der Waals surface area contributed by atoms with Crippen LogP contribution in [0.3, 0.4) is 0 Å². The molecule has 0 aromatic heterocycles. The maximum Gasteiger partial charge on any atom is 0.232 e. The smallest absolute Gasteiger partial charge is 0.232 e. The fourth-order valence-electron chi connectivity index (χ4n) is 2.31. The van der Waals surface area contributed by atoms with Crippen molar-refractivity contribution in [2.24, 2.45) is 11.1 Å². The van der Waals surface area contributed by atoms with Crippen LogP contribution in [0.5, 0.6) is 0 Å². The van der Waals surface area contributed by atoms with Crippen LogP contribution in [0.4, 0.5) is 0 Å². The Morgan fingerprint density at radius 2 is 2.12 bits per heavy atom. The van der Waals surface area contributed by atoms with Gasteiger partial charge in [0.25, 0.3) is 0 Å². The van der Waals surface area contributed by atoms with E-state index in [0.717, 1.165) is 12.8 Å². The average Bonchev–Trinajstić information content (AvgIpc) is 2.61. The van der Waals surface area contributed by atoms with Crippen molar-refractivity contribution in [1.29, 1.82) is 0 Å². The van der Waals surface area contributed by atoms with Crippen LogP contribution in [0.15, 0.2) is 0 Å². The van der Waals surface area contributed by atoms with Gasteiger partial charge in [0.2, 0.25) is 5.91 Å². The van der Waals surface area contributed by atoms with Gasteiger partial charge in [-0.05, 0) is 19.8 Å². The molecule has 16 heavy (non-hydrogen) atoms. The summed E-state index contributed by atoms with van der Waals surface area (Å²) in [6.45, 7) is 7.04. The molecular weight excluding hydrogens is 204 g/mol. The van der Waals surface area contributed by atoms with Crippen molar-refractivity contribution in [3.05, 3.63) is 0 Å².